The summed E-state index contributed by atoms with van der Waals surface area (Å²) in [6.07, 6.45) is 6.32. The fourth-order valence-corrected chi connectivity index (χ4v) is 1.46. The minimum Gasteiger partial charge on any atom is -0.388 e. The van der Waals surface area contributed by atoms with Crippen LogP contribution in [-0.4, -0.2) is 21.6 Å². The Labute approximate surface area is 89.0 Å². The fourth-order valence-electron chi connectivity index (χ4n) is 1.46. The molecule has 0 atom stereocenters. The molecule has 0 bridgehead atoms. The van der Waals surface area contributed by atoms with Crippen LogP contribution in [-0.2, 0) is 13.5 Å². The van der Waals surface area contributed by atoms with Gasteiger partial charge in [-0.2, -0.15) is 0 Å². The average Bonchev–Trinajstić information content (AvgIpc) is 2.65. The van der Waals surface area contributed by atoms with E-state index >= 15 is 0 Å². The Morgan fingerprint density at radius 2 is 2.20 bits per heavy atom. The van der Waals surface area contributed by atoms with Crippen LogP contribution in [0, 0.1) is 0 Å². The van der Waals surface area contributed by atoms with E-state index in [0.717, 1.165) is 23.6 Å². The Bertz CT molecular complexity index is 447. The van der Waals surface area contributed by atoms with E-state index in [9.17, 15) is 0 Å². The van der Waals surface area contributed by atoms with Crippen LogP contribution in [0.2, 0.25) is 0 Å². The third kappa shape index (κ3) is 2.15. The van der Waals surface area contributed by atoms with Gasteiger partial charge in [-0.05, 0) is 12.1 Å². The molecular formula is C11H14N4. The topological polar surface area (TPSA) is 42.7 Å². The molecule has 2 rings (SSSR count). The Morgan fingerprint density at radius 3 is 2.87 bits per heavy atom. The molecule has 0 unspecified atom stereocenters. The van der Waals surface area contributed by atoms with Gasteiger partial charge in [0.05, 0.1) is 0 Å². The number of imidazole rings is 1. The highest BCUT2D eigenvalue weighted by molar-refractivity contribution is 5.42. The number of anilines is 1. The maximum absolute atomic E-state index is 4.31. The molecule has 78 valence electrons. The predicted octanol–water partition coefficient (Wildman–Crippen LogP) is 1.45. The first-order chi connectivity index (χ1) is 7.29. The molecule has 0 amide bonds. The first-order valence-electron chi connectivity index (χ1n) is 4.88. The Hall–Kier alpha value is -1.84. The average molecular weight is 202 g/mol. The Morgan fingerprint density at radius 1 is 1.33 bits per heavy atom. The lowest BCUT2D eigenvalue weighted by Gasteiger charge is -2.04. The number of nitrogens with zero attached hydrogens (tertiary/aromatic N) is 3. The molecule has 4 heteroatoms. The number of nitrogens with one attached hydrogen (secondary N) is 1. The van der Waals surface area contributed by atoms with Gasteiger partial charge in [0.1, 0.15) is 5.82 Å². The third-order valence-corrected chi connectivity index (χ3v) is 2.37. The summed E-state index contributed by atoms with van der Waals surface area (Å²) in [5.74, 6) is 1.02. The van der Waals surface area contributed by atoms with Crippen molar-refractivity contribution in [3.8, 4) is 0 Å². The molecular weight excluding hydrogens is 188 g/mol. The second-order valence-electron chi connectivity index (χ2n) is 3.42. The van der Waals surface area contributed by atoms with Gasteiger partial charge in [0, 0.05) is 50.5 Å². The summed E-state index contributed by atoms with van der Waals surface area (Å²) in [5, 5.41) is 3.09. The molecule has 0 saturated carbocycles. The summed E-state index contributed by atoms with van der Waals surface area (Å²) in [6.45, 7) is 0. The zero-order valence-electron chi connectivity index (χ0n) is 8.94. The Balaban J connectivity index is 2.21. The predicted molar refractivity (Wildman–Crippen MR) is 59.8 cm³/mol. The zero-order valence-corrected chi connectivity index (χ0v) is 8.94. The van der Waals surface area contributed by atoms with E-state index in [2.05, 4.69) is 15.3 Å². The van der Waals surface area contributed by atoms with Gasteiger partial charge in [0.15, 0.2) is 0 Å². The van der Waals surface area contributed by atoms with Crippen LogP contribution >= 0.6 is 0 Å². The SMILES string of the molecule is CNc1ccnc(Cc2nccn2C)c1. The molecule has 0 radical (unpaired) electrons. The van der Waals surface area contributed by atoms with Gasteiger partial charge >= 0.3 is 0 Å². The largest absolute Gasteiger partial charge is 0.388 e. The van der Waals surface area contributed by atoms with E-state index in [0.29, 0.717) is 0 Å². The highest BCUT2D eigenvalue weighted by Crippen LogP contribution is 2.10. The fraction of sp³-hybridized carbons (Fsp3) is 0.273. The number of aryl methyl sites for hydroxylation is 1. The zero-order chi connectivity index (χ0) is 10.7. The van der Waals surface area contributed by atoms with E-state index in [1.54, 1.807) is 6.20 Å². The van der Waals surface area contributed by atoms with Gasteiger partial charge in [-0.1, -0.05) is 0 Å². The van der Waals surface area contributed by atoms with Crippen molar-refractivity contribution in [2.24, 2.45) is 7.05 Å². The number of hydrogen-bond donors (Lipinski definition) is 1. The van der Waals surface area contributed by atoms with Crippen LogP contribution in [0.5, 0.6) is 0 Å². The highest BCUT2D eigenvalue weighted by Gasteiger charge is 2.02. The van der Waals surface area contributed by atoms with Gasteiger partial charge in [-0.15, -0.1) is 0 Å². The number of pyridine rings is 1. The van der Waals surface area contributed by atoms with Crippen molar-refractivity contribution in [1.82, 2.24) is 14.5 Å². The lowest BCUT2D eigenvalue weighted by Crippen LogP contribution is -2.01. The minimum atomic E-state index is 0.763. The molecule has 0 aliphatic heterocycles. The first kappa shape index (κ1) is 9.71. The van der Waals surface area contributed by atoms with E-state index < -0.39 is 0 Å². The summed E-state index contributed by atoms with van der Waals surface area (Å²) in [4.78, 5) is 8.58. The van der Waals surface area contributed by atoms with Gasteiger partial charge in [-0.25, -0.2) is 4.98 Å². The molecule has 1 N–H and O–H groups in total. The van der Waals surface area contributed by atoms with E-state index in [-0.39, 0.29) is 0 Å². The summed E-state index contributed by atoms with van der Waals surface area (Å²) < 4.78 is 2.01. The molecule has 0 saturated heterocycles. The molecule has 0 spiro atoms. The summed E-state index contributed by atoms with van der Waals surface area (Å²) in [5.41, 5.74) is 2.10. The van der Waals surface area contributed by atoms with Crippen LogP contribution in [0.4, 0.5) is 5.69 Å². The van der Waals surface area contributed by atoms with Crippen LogP contribution in [0.25, 0.3) is 0 Å². The molecule has 2 aromatic heterocycles. The molecule has 0 aliphatic rings. The van der Waals surface area contributed by atoms with Crippen molar-refractivity contribution < 1.29 is 0 Å². The molecule has 0 aromatic carbocycles. The third-order valence-electron chi connectivity index (χ3n) is 2.37. The maximum atomic E-state index is 4.31. The smallest absolute Gasteiger partial charge is 0.114 e. The van der Waals surface area contributed by atoms with Gasteiger partial charge < -0.3 is 9.88 Å². The number of rotatable bonds is 3. The molecule has 15 heavy (non-hydrogen) atoms. The van der Waals surface area contributed by atoms with Gasteiger partial charge in [-0.3, -0.25) is 4.98 Å². The summed E-state index contributed by atoms with van der Waals surface area (Å²) in [6, 6.07) is 3.98. The van der Waals surface area contributed by atoms with Crippen molar-refractivity contribution in [3.63, 3.8) is 0 Å². The number of hydrogen-bond acceptors (Lipinski definition) is 3. The lowest BCUT2D eigenvalue weighted by atomic mass is 10.2. The van der Waals surface area contributed by atoms with E-state index in [1.165, 1.54) is 0 Å². The molecule has 0 fully saturated rings. The second kappa shape index (κ2) is 4.13. The molecule has 2 heterocycles. The standard InChI is InChI=1S/C11H14N4/c1-12-9-3-4-13-10(7-9)8-11-14-5-6-15(11)2/h3-7H,8H2,1-2H3,(H,12,13). The molecule has 4 nitrogen and oxygen atoms in total. The summed E-state index contributed by atoms with van der Waals surface area (Å²) >= 11 is 0. The lowest BCUT2D eigenvalue weighted by molar-refractivity contribution is 0.811. The van der Waals surface area contributed by atoms with Crippen LogP contribution < -0.4 is 5.32 Å². The first-order valence-corrected chi connectivity index (χ1v) is 4.88. The van der Waals surface area contributed by atoms with Crippen LogP contribution in [0.15, 0.2) is 30.7 Å². The van der Waals surface area contributed by atoms with Crippen molar-refractivity contribution >= 4 is 5.69 Å². The van der Waals surface area contributed by atoms with Gasteiger partial charge in [0.25, 0.3) is 0 Å². The molecule has 0 aliphatic carbocycles. The quantitative estimate of drug-likeness (QED) is 0.819. The van der Waals surface area contributed by atoms with Crippen LogP contribution in [0.3, 0.4) is 0 Å². The Kier molecular flexibility index (Phi) is 2.67. The van der Waals surface area contributed by atoms with Crippen molar-refractivity contribution in [2.45, 2.75) is 6.42 Å². The highest BCUT2D eigenvalue weighted by atomic mass is 15.0. The summed E-state index contributed by atoms with van der Waals surface area (Å²) in [7, 11) is 3.89. The second-order valence-corrected chi connectivity index (χ2v) is 3.42. The van der Waals surface area contributed by atoms with Crippen molar-refractivity contribution in [3.05, 3.63) is 42.2 Å². The van der Waals surface area contributed by atoms with E-state index in [1.807, 2.05) is 43.2 Å². The normalized spacial score (nSPS) is 10.3. The minimum absolute atomic E-state index is 0.763. The maximum Gasteiger partial charge on any atom is 0.114 e. The monoisotopic (exact) mass is 202 g/mol. The molecule has 2 aromatic rings. The van der Waals surface area contributed by atoms with E-state index in [4.69, 9.17) is 0 Å². The van der Waals surface area contributed by atoms with Crippen LogP contribution in [0.1, 0.15) is 11.5 Å². The number of aromatic nitrogens is 3. The van der Waals surface area contributed by atoms with Crippen molar-refractivity contribution in [2.75, 3.05) is 12.4 Å². The van der Waals surface area contributed by atoms with Gasteiger partial charge in [0.2, 0.25) is 0 Å². The van der Waals surface area contributed by atoms with Crippen molar-refractivity contribution in [1.29, 1.82) is 0 Å².